The van der Waals surface area contributed by atoms with Gasteiger partial charge in [0.25, 0.3) is 5.56 Å². The molecule has 7 nitrogen and oxygen atoms in total. The summed E-state index contributed by atoms with van der Waals surface area (Å²) in [4.78, 5) is 40.2. The minimum absolute atomic E-state index is 0.00675. The van der Waals surface area contributed by atoms with Gasteiger partial charge in [0.2, 0.25) is 0 Å². The Balaban J connectivity index is 2.67. The minimum Gasteiger partial charge on any atom is -0.317 e. The van der Waals surface area contributed by atoms with Gasteiger partial charge in [0.15, 0.2) is 16.9 Å². The standard InChI is InChI=1S/C13H18N4O3/c1-13(2,3)8(18)6-17-7-14-10-9(17)11(19)16(5)12(20)15(10)4/h7H,6H2,1-5H3. The lowest BCUT2D eigenvalue weighted by Crippen LogP contribution is -2.38. The van der Waals surface area contributed by atoms with E-state index in [1.807, 2.05) is 20.8 Å². The third-order valence-electron chi connectivity index (χ3n) is 3.37. The van der Waals surface area contributed by atoms with Gasteiger partial charge >= 0.3 is 5.69 Å². The second-order valence-electron chi connectivity index (χ2n) is 5.92. The van der Waals surface area contributed by atoms with Gasteiger partial charge in [0.1, 0.15) is 0 Å². The van der Waals surface area contributed by atoms with Gasteiger partial charge in [-0.25, -0.2) is 9.78 Å². The van der Waals surface area contributed by atoms with Gasteiger partial charge < -0.3 is 4.57 Å². The molecule has 0 saturated carbocycles. The monoisotopic (exact) mass is 278 g/mol. The molecule has 0 fully saturated rings. The van der Waals surface area contributed by atoms with Crippen LogP contribution in [0.3, 0.4) is 0 Å². The summed E-state index contributed by atoms with van der Waals surface area (Å²) in [6.45, 7) is 5.53. The van der Waals surface area contributed by atoms with Gasteiger partial charge in [0, 0.05) is 19.5 Å². The average Bonchev–Trinajstić information content (AvgIpc) is 2.76. The van der Waals surface area contributed by atoms with Crippen molar-refractivity contribution in [3.05, 3.63) is 27.2 Å². The molecule has 0 amide bonds. The smallest absolute Gasteiger partial charge is 0.317 e. The van der Waals surface area contributed by atoms with E-state index in [0.29, 0.717) is 5.65 Å². The Morgan fingerprint density at radius 2 is 1.80 bits per heavy atom. The van der Waals surface area contributed by atoms with E-state index in [-0.39, 0.29) is 17.8 Å². The molecule has 2 aromatic rings. The average molecular weight is 278 g/mol. The number of hydrogen-bond donors (Lipinski definition) is 0. The lowest BCUT2D eigenvalue weighted by Gasteiger charge is -2.16. The molecule has 108 valence electrons. The number of aryl methyl sites for hydroxylation is 1. The predicted molar refractivity (Wildman–Crippen MR) is 74.7 cm³/mol. The van der Waals surface area contributed by atoms with Crippen LogP contribution in [0, 0.1) is 5.41 Å². The van der Waals surface area contributed by atoms with Gasteiger partial charge in [-0.15, -0.1) is 0 Å². The first kappa shape index (κ1) is 14.2. The van der Waals surface area contributed by atoms with Crippen molar-refractivity contribution in [1.82, 2.24) is 18.7 Å². The zero-order valence-corrected chi connectivity index (χ0v) is 12.3. The van der Waals surface area contributed by atoms with Crippen LogP contribution >= 0.6 is 0 Å². The highest BCUT2D eigenvalue weighted by atomic mass is 16.2. The van der Waals surface area contributed by atoms with E-state index in [2.05, 4.69) is 4.98 Å². The number of imidazole rings is 1. The number of aromatic nitrogens is 4. The fourth-order valence-electron chi connectivity index (χ4n) is 1.91. The number of hydrogen-bond acceptors (Lipinski definition) is 4. The van der Waals surface area contributed by atoms with E-state index in [4.69, 9.17) is 0 Å². The third kappa shape index (κ3) is 2.09. The molecule has 0 atom stereocenters. The molecule has 20 heavy (non-hydrogen) atoms. The summed E-state index contributed by atoms with van der Waals surface area (Å²) in [5.41, 5.74) is -0.813. The molecule has 0 saturated heterocycles. The number of ketones is 1. The summed E-state index contributed by atoms with van der Waals surface area (Å²) >= 11 is 0. The summed E-state index contributed by atoms with van der Waals surface area (Å²) in [6, 6.07) is 0. The Hall–Kier alpha value is -2.18. The maximum atomic E-state index is 12.2. The van der Waals surface area contributed by atoms with Crippen LogP contribution in [-0.4, -0.2) is 24.5 Å². The van der Waals surface area contributed by atoms with Gasteiger partial charge in [-0.2, -0.15) is 0 Å². The van der Waals surface area contributed by atoms with Crippen molar-refractivity contribution in [1.29, 1.82) is 0 Å². The number of carbonyl (C=O) groups is 1. The second kappa shape index (κ2) is 4.43. The fourth-order valence-corrected chi connectivity index (χ4v) is 1.91. The van der Waals surface area contributed by atoms with Crippen LogP contribution in [-0.2, 0) is 25.4 Å². The first-order chi connectivity index (χ1) is 9.14. The molecule has 0 bridgehead atoms. The highest BCUT2D eigenvalue weighted by Crippen LogP contribution is 2.16. The zero-order valence-electron chi connectivity index (χ0n) is 12.3. The maximum Gasteiger partial charge on any atom is 0.332 e. The summed E-state index contributed by atoms with van der Waals surface area (Å²) in [5, 5.41) is 0. The van der Waals surface area contributed by atoms with Gasteiger partial charge in [-0.1, -0.05) is 20.8 Å². The van der Waals surface area contributed by atoms with E-state index in [1.54, 1.807) is 7.05 Å². The molecule has 0 radical (unpaired) electrons. The minimum atomic E-state index is -0.498. The Morgan fingerprint density at radius 1 is 1.20 bits per heavy atom. The van der Waals surface area contributed by atoms with E-state index in [1.165, 1.54) is 22.5 Å². The summed E-state index contributed by atoms with van der Waals surface area (Å²) < 4.78 is 3.82. The Morgan fingerprint density at radius 3 is 2.35 bits per heavy atom. The van der Waals surface area contributed by atoms with Crippen molar-refractivity contribution in [3.8, 4) is 0 Å². The van der Waals surface area contributed by atoms with Crippen molar-refractivity contribution in [2.24, 2.45) is 19.5 Å². The lowest BCUT2D eigenvalue weighted by atomic mass is 9.91. The number of carbonyl (C=O) groups excluding carboxylic acids is 1. The largest absolute Gasteiger partial charge is 0.332 e. The number of Topliss-reactive ketones (excluding diaryl/α,β-unsaturated/α-hetero) is 1. The van der Waals surface area contributed by atoms with Crippen LogP contribution in [0.5, 0.6) is 0 Å². The number of fused-ring (bicyclic) bond motifs is 1. The topological polar surface area (TPSA) is 78.9 Å². The van der Waals surface area contributed by atoms with E-state index >= 15 is 0 Å². The zero-order chi connectivity index (χ0) is 15.2. The quantitative estimate of drug-likeness (QED) is 0.777. The van der Waals surface area contributed by atoms with Crippen LogP contribution in [0.2, 0.25) is 0 Å². The van der Waals surface area contributed by atoms with Crippen LogP contribution in [0.15, 0.2) is 15.9 Å². The molecule has 0 aliphatic carbocycles. The molecule has 0 aliphatic rings. The molecule has 0 N–H and O–H groups in total. The lowest BCUT2D eigenvalue weighted by molar-refractivity contribution is -0.126. The van der Waals surface area contributed by atoms with E-state index in [9.17, 15) is 14.4 Å². The molecule has 0 aromatic carbocycles. The van der Waals surface area contributed by atoms with Crippen molar-refractivity contribution in [2.45, 2.75) is 27.3 Å². The van der Waals surface area contributed by atoms with Gasteiger partial charge in [-0.05, 0) is 0 Å². The normalized spacial score (nSPS) is 12.1. The van der Waals surface area contributed by atoms with Crippen LogP contribution in [0.1, 0.15) is 20.8 Å². The Labute approximate surface area is 115 Å². The molecule has 2 rings (SSSR count). The summed E-state index contributed by atoms with van der Waals surface area (Å²) in [5.74, 6) is -0.00675. The molecule has 0 spiro atoms. The third-order valence-corrected chi connectivity index (χ3v) is 3.37. The Bertz CT molecular complexity index is 802. The van der Waals surface area contributed by atoms with Gasteiger partial charge in [0.05, 0.1) is 12.9 Å². The van der Waals surface area contributed by atoms with Crippen LogP contribution in [0.4, 0.5) is 0 Å². The SMILES string of the molecule is Cn1c(=O)c2c(ncn2CC(=O)C(C)(C)C)n(C)c1=O. The molecule has 7 heteroatoms. The van der Waals surface area contributed by atoms with Crippen molar-refractivity contribution >= 4 is 16.9 Å². The first-order valence-corrected chi connectivity index (χ1v) is 6.28. The van der Waals surface area contributed by atoms with Crippen LogP contribution in [0.25, 0.3) is 11.2 Å². The molecule has 2 aromatic heterocycles. The maximum absolute atomic E-state index is 12.2. The summed E-state index contributed by atoms with van der Waals surface area (Å²) in [7, 11) is 2.96. The number of rotatable bonds is 2. The molecule has 2 heterocycles. The predicted octanol–water partition coefficient (Wildman–Crippen LogP) is 0.0489. The van der Waals surface area contributed by atoms with Crippen LogP contribution < -0.4 is 11.2 Å². The molecular weight excluding hydrogens is 260 g/mol. The molecular formula is C13H18N4O3. The summed E-state index contributed by atoms with van der Waals surface area (Å²) in [6.07, 6.45) is 1.43. The highest BCUT2D eigenvalue weighted by molar-refractivity contribution is 5.85. The molecule has 0 aliphatic heterocycles. The fraction of sp³-hybridized carbons (Fsp3) is 0.538. The second-order valence-corrected chi connectivity index (χ2v) is 5.92. The first-order valence-electron chi connectivity index (χ1n) is 6.28. The van der Waals surface area contributed by atoms with E-state index < -0.39 is 16.7 Å². The van der Waals surface area contributed by atoms with E-state index in [0.717, 1.165) is 4.57 Å². The molecule has 0 unspecified atom stereocenters. The van der Waals surface area contributed by atoms with Gasteiger partial charge in [-0.3, -0.25) is 18.7 Å². The Kier molecular flexibility index (Phi) is 3.15. The number of nitrogens with zero attached hydrogens (tertiary/aromatic N) is 4. The highest BCUT2D eigenvalue weighted by Gasteiger charge is 2.23. The van der Waals surface area contributed by atoms with Crippen molar-refractivity contribution < 1.29 is 4.79 Å². The van der Waals surface area contributed by atoms with Crippen molar-refractivity contribution in [2.75, 3.05) is 0 Å². The van der Waals surface area contributed by atoms with Crippen molar-refractivity contribution in [3.63, 3.8) is 0 Å².